The number of H-pyrrole nitrogens is 1. The molecule has 0 aliphatic heterocycles. The Morgan fingerprint density at radius 1 is 1.09 bits per heavy atom. The van der Waals surface area contributed by atoms with Gasteiger partial charge in [0, 0.05) is 22.7 Å². The highest BCUT2D eigenvalue weighted by Crippen LogP contribution is 2.42. The molecule has 5 nitrogen and oxygen atoms in total. The number of hydrogen-bond acceptors (Lipinski definition) is 3. The summed E-state index contributed by atoms with van der Waals surface area (Å²) in [7, 11) is 0. The Kier molecular flexibility index (Phi) is 4.89. The van der Waals surface area contributed by atoms with Gasteiger partial charge in [-0.1, -0.05) is 25.4 Å². The highest BCUT2D eigenvalue weighted by molar-refractivity contribution is 6.38. The van der Waals surface area contributed by atoms with E-state index in [0.29, 0.717) is 27.7 Å². The molecule has 0 spiro atoms. The zero-order valence-electron chi connectivity index (χ0n) is 17.4. The second kappa shape index (κ2) is 7.55. The number of nitrogens with zero attached hydrogens (tertiary/aromatic N) is 4. The molecule has 0 unspecified atom stereocenters. The van der Waals surface area contributed by atoms with Crippen molar-refractivity contribution in [3.05, 3.63) is 71.0 Å². The van der Waals surface area contributed by atoms with Gasteiger partial charge in [-0.15, -0.1) is 0 Å². The summed E-state index contributed by atoms with van der Waals surface area (Å²) in [6.45, 7) is 3.72. The molecule has 33 heavy (non-hydrogen) atoms. The van der Waals surface area contributed by atoms with Crippen LogP contribution < -0.4 is 0 Å². The van der Waals surface area contributed by atoms with Crippen molar-refractivity contribution in [3.8, 4) is 22.5 Å². The first-order valence-electron chi connectivity index (χ1n) is 10.0. The van der Waals surface area contributed by atoms with Crippen molar-refractivity contribution in [3.63, 3.8) is 0 Å². The Labute approximate surface area is 190 Å². The Morgan fingerprint density at radius 3 is 2.61 bits per heavy atom. The maximum absolute atomic E-state index is 14.2. The smallest absolute Gasteiger partial charge is 0.295 e. The molecule has 2 aromatic carbocycles. The van der Waals surface area contributed by atoms with Crippen molar-refractivity contribution in [1.29, 1.82) is 0 Å². The number of fused-ring (bicyclic) bond motifs is 2. The molecule has 0 amide bonds. The van der Waals surface area contributed by atoms with Gasteiger partial charge in [-0.3, -0.25) is 14.5 Å². The predicted octanol–water partition coefficient (Wildman–Crippen LogP) is 6.87. The van der Waals surface area contributed by atoms with Crippen molar-refractivity contribution in [2.45, 2.75) is 25.9 Å². The van der Waals surface area contributed by atoms with Crippen LogP contribution in [-0.4, -0.2) is 24.6 Å². The van der Waals surface area contributed by atoms with Crippen LogP contribution in [0.15, 0.2) is 48.9 Å². The van der Waals surface area contributed by atoms with Gasteiger partial charge in [0.15, 0.2) is 11.3 Å². The molecule has 0 radical (unpaired) electrons. The van der Waals surface area contributed by atoms with Crippen molar-refractivity contribution in [1.82, 2.24) is 24.6 Å². The van der Waals surface area contributed by atoms with Gasteiger partial charge in [0.25, 0.3) is 0 Å². The predicted molar refractivity (Wildman–Crippen MR) is 118 cm³/mol. The Hall–Kier alpha value is -3.46. The van der Waals surface area contributed by atoms with Gasteiger partial charge in [0.2, 0.25) is 0 Å². The van der Waals surface area contributed by atoms with Crippen LogP contribution in [0.1, 0.15) is 31.0 Å². The number of alkyl halides is 3. The zero-order valence-corrected chi connectivity index (χ0v) is 18.1. The molecule has 3 heterocycles. The summed E-state index contributed by atoms with van der Waals surface area (Å²) >= 11 is 6.50. The third-order valence-electron chi connectivity index (χ3n) is 5.50. The van der Waals surface area contributed by atoms with Crippen molar-refractivity contribution >= 4 is 28.2 Å². The van der Waals surface area contributed by atoms with Gasteiger partial charge < -0.3 is 0 Å². The minimum atomic E-state index is -4.73. The van der Waals surface area contributed by atoms with Gasteiger partial charge in [0.1, 0.15) is 5.82 Å². The molecule has 0 atom stereocenters. The average molecular weight is 474 g/mol. The van der Waals surface area contributed by atoms with E-state index in [2.05, 4.69) is 20.2 Å². The van der Waals surface area contributed by atoms with E-state index < -0.39 is 11.9 Å². The van der Waals surface area contributed by atoms with Crippen molar-refractivity contribution in [2.75, 3.05) is 0 Å². The van der Waals surface area contributed by atoms with E-state index in [1.54, 1.807) is 18.2 Å². The monoisotopic (exact) mass is 473 g/mol. The molecule has 5 rings (SSSR count). The summed E-state index contributed by atoms with van der Waals surface area (Å²) in [5, 5.41) is 7.26. The fraction of sp³-hybridized carbons (Fsp3) is 0.174. The summed E-state index contributed by atoms with van der Waals surface area (Å²) in [6.07, 6.45) is -0.551. The van der Waals surface area contributed by atoms with Crippen LogP contribution in [0, 0.1) is 5.82 Å². The number of hydrogen-bond donors (Lipinski definition) is 1. The number of benzene rings is 2. The van der Waals surface area contributed by atoms with Crippen LogP contribution in [0.5, 0.6) is 0 Å². The van der Waals surface area contributed by atoms with Gasteiger partial charge in [0.05, 0.1) is 34.3 Å². The maximum atomic E-state index is 14.2. The molecule has 10 heteroatoms. The zero-order chi connectivity index (χ0) is 23.5. The quantitative estimate of drug-likeness (QED) is 0.291. The Bertz CT molecular complexity index is 1520. The maximum Gasteiger partial charge on any atom is 0.435 e. The van der Waals surface area contributed by atoms with Crippen LogP contribution in [0.3, 0.4) is 0 Å². The normalized spacial score (nSPS) is 12.4. The average Bonchev–Trinajstić information content (AvgIpc) is 3.39. The lowest BCUT2D eigenvalue weighted by Gasteiger charge is -2.12. The van der Waals surface area contributed by atoms with Crippen LogP contribution in [0.25, 0.3) is 39.1 Å². The lowest BCUT2D eigenvalue weighted by atomic mass is 9.99. The van der Waals surface area contributed by atoms with E-state index in [1.165, 1.54) is 35.1 Å². The first kappa shape index (κ1) is 21.4. The summed E-state index contributed by atoms with van der Waals surface area (Å²) in [4.78, 5) is 8.08. The Balaban J connectivity index is 1.79. The number of aromatic amines is 1. The van der Waals surface area contributed by atoms with Gasteiger partial charge in [-0.2, -0.15) is 18.3 Å². The fourth-order valence-corrected chi connectivity index (χ4v) is 4.17. The number of aromatic nitrogens is 5. The molecule has 0 bridgehead atoms. The minimum Gasteiger partial charge on any atom is -0.295 e. The van der Waals surface area contributed by atoms with E-state index in [-0.39, 0.29) is 33.7 Å². The third kappa shape index (κ3) is 3.52. The first-order valence-corrected chi connectivity index (χ1v) is 10.4. The van der Waals surface area contributed by atoms with Crippen LogP contribution in [-0.2, 0) is 6.18 Å². The lowest BCUT2D eigenvalue weighted by molar-refractivity contribution is -0.140. The Morgan fingerprint density at radius 2 is 1.88 bits per heavy atom. The molecule has 0 saturated heterocycles. The molecule has 3 aromatic heterocycles. The van der Waals surface area contributed by atoms with Gasteiger partial charge >= 0.3 is 6.18 Å². The molecule has 5 aromatic rings. The minimum absolute atomic E-state index is 0.00984. The highest BCUT2D eigenvalue weighted by Gasteiger charge is 2.39. The fourth-order valence-electron chi connectivity index (χ4n) is 3.87. The lowest BCUT2D eigenvalue weighted by Crippen LogP contribution is -2.08. The van der Waals surface area contributed by atoms with E-state index in [9.17, 15) is 17.6 Å². The summed E-state index contributed by atoms with van der Waals surface area (Å²) in [6, 6.07) is 7.63. The standard InChI is InChI=1S/C23H16ClF4N5/c1-11(2)14-7-12(3-5-16(14)25)18-10-33-19(9-29-18)31-22(23(26,27)28)21(33)13-4-6-17-15(20(13)24)8-30-32-17/h3-11H,1-2H3,(H,30,32). The molecule has 0 fully saturated rings. The molecule has 0 saturated carbocycles. The van der Waals surface area contributed by atoms with Crippen molar-refractivity contribution < 1.29 is 17.6 Å². The third-order valence-corrected chi connectivity index (χ3v) is 5.91. The van der Waals surface area contributed by atoms with Crippen molar-refractivity contribution in [2.24, 2.45) is 0 Å². The summed E-state index contributed by atoms with van der Waals surface area (Å²) < 4.78 is 57.4. The molecule has 168 valence electrons. The number of halogens is 5. The first-order chi connectivity index (χ1) is 15.6. The molecule has 0 aliphatic carbocycles. The molecular formula is C23H16ClF4N5. The van der Waals surface area contributed by atoms with E-state index in [1.807, 2.05) is 13.8 Å². The van der Waals surface area contributed by atoms with Crippen LogP contribution >= 0.6 is 11.6 Å². The van der Waals surface area contributed by atoms with Crippen LogP contribution in [0.2, 0.25) is 5.02 Å². The largest absolute Gasteiger partial charge is 0.435 e. The molecule has 0 aliphatic rings. The van der Waals surface area contributed by atoms with Gasteiger partial charge in [-0.25, -0.2) is 9.37 Å². The summed E-state index contributed by atoms with van der Waals surface area (Å²) in [5.41, 5.74) is 0.920. The van der Waals surface area contributed by atoms with Gasteiger partial charge in [-0.05, 0) is 41.8 Å². The number of rotatable bonds is 3. The van der Waals surface area contributed by atoms with Crippen LogP contribution in [0.4, 0.5) is 17.6 Å². The second-order valence-electron chi connectivity index (χ2n) is 7.96. The van der Waals surface area contributed by atoms with E-state index in [0.717, 1.165) is 0 Å². The van der Waals surface area contributed by atoms with E-state index in [4.69, 9.17) is 11.6 Å². The topological polar surface area (TPSA) is 58.9 Å². The number of imidazole rings is 1. The van der Waals surface area contributed by atoms with E-state index >= 15 is 0 Å². The molecule has 1 N–H and O–H groups in total. The highest BCUT2D eigenvalue weighted by atomic mass is 35.5. The number of nitrogens with one attached hydrogen (secondary N) is 1. The summed E-state index contributed by atoms with van der Waals surface area (Å²) in [5.74, 6) is -0.424. The molecular weight excluding hydrogens is 458 g/mol. The SMILES string of the molecule is CC(C)c1cc(-c2cn3c(-c4ccc5[nH]ncc5c4Cl)c(C(F)(F)F)nc3cn2)ccc1F. The second-order valence-corrected chi connectivity index (χ2v) is 8.33.